The van der Waals surface area contributed by atoms with Crippen molar-refractivity contribution in [1.29, 1.82) is 0 Å². The van der Waals surface area contributed by atoms with Crippen molar-refractivity contribution in [3.8, 4) is 5.75 Å². The van der Waals surface area contributed by atoms with Gasteiger partial charge in [0.25, 0.3) is 5.91 Å². The number of methoxy groups -OCH3 is 1. The summed E-state index contributed by atoms with van der Waals surface area (Å²) >= 11 is 0. The van der Waals surface area contributed by atoms with E-state index in [4.69, 9.17) is 4.74 Å². The molecular formula is C30H32N2O3. The normalized spacial score (nSPS) is 16.4. The first-order valence-corrected chi connectivity index (χ1v) is 12.4. The van der Waals surface area contributed by atoms with Crippen molar-refractivity contribution in [2.24, 2.45) is 0 Å². The summed E-state index contributed by atoms with van der Waals surface area (Å²) in [4.78, 5) is 29.8. The molecule has 0 bridgehead atoms. The minimum absolute atomic E-state index is 0.0253. The summed E-state index contributed by atoms with van der Waals surface area (Å²) in [6.07, 6.45) is 4.41. The average Bonchev–Trinajstić information content (AvgIpc) is 3.31. The lowest BCUT2D eigenvalue weighted by Crippen LogP contribution is -2.33. The Labute approximate surface area is 207 Å². The Hall–Kier alpha value is -3.60. The third-order valence-electron chi connectivity index (χ3n) is 7.39. The molecular weight excluding hydrogens is 436 g/mol. The van der Waals surface area contributed by atoms with Gasteiger partial charge in [0.1, 0.15) is 5.75 Å². The standard InChI is InChI=1S/C30H32N2O3/c1-31(20-24-10-6-12-26-25(24)11-7-13-28(26)35-2)29(33)19-21-14-15-27-23(18-21)16-17-32(27)30(34)22-8-4-3-5-9-22/h3-5,7-9,11,13-15,18,24H,6,10,12,16-17,19-20H2,1-2H3/t24-/m0/s1. The van der Waals surface area contributed by atoms with Gasteiger partial charge in [-0.25, -0.2) is 0 Å². The van der Waals surface area contributed by atoms with E-state index in [1.165, 1.54) is 11.1 Å². The number of likely N-dealkylation sites (N-methyl/N-ethyl adjacent to an activating group) is 1. The van der Waals surface area contributed by atoms with Gasteiger partial charge >= 0.3 is 0 Å². The fourth-order valence-corrected chi connectivity index (χ4v) is 5.55. The molecule has 5 nitrogen and oxygen atoms in total. The summed E-state index contributed by atoms with van der Waals surface area (Å²) in [5.41, 5.74) is 6.39. The van der Waals surface area contributed by atoms with Gasteiger partial charge in [0.2, 0.25) is 5.91 Å². The lowest BCUT2D eigenvalue weighted by molar-refractivity contribution is -0.129. The highest BCUT2D eigenvalue weighted by Crippen LogP contribution is 2.37. The Bertz CT molecular complexity index is 1240. The molecule has 1 atom stereocenters. The second-order valence-corrected chi connectivity index (χ2v) is 9.60. The Morgan fingerprint density at radius 1 is 1.03 bits per heavy atom. The number of hydrogen-bond donors (Lipinski definition) is 0. The average molecular weight is 469 g/mol. The van der Waals surface area contributed by atoms with Gasteiger partial charge in [0.15, 0.2) is 0 Å². The fourth-order valence-electron chi connectivity index (χ4n) is 5.55. The Morgan fingerprint density at radius 2 is 1.86 bits per heavy atom. The third-order valence-corrected chi connectivity index (χ3v) is 7.39. The van der Waals surface area contributed by atoms with Crippen LogP contribution in [0.3, 0.4) is 0 Å². The molecule has 0 unspecified atom stereocenters. The molecule has 0 spiro atoms. The molecule has 0 saturated carbocycles. The van der Waals surface area contributed by atoms with Gasteiger partial charge in [0, 0.05) is 37.3 Å². The van der Waals surface area contributed by atoms with Crippen molar-refractivity contribution in [2.45, 2.75) is 38.0 Å². The van der Waals surface area contributed by atoms with Crippen molar-refractivity contribution >= 4 is 17.5 Å². The highest BCUT2D eigenvalue weighted by atomic mass is 16.5. The van der Waals surface area contributed by atoms with Crippen LogP contribution in [-0.2, 0) is 24.1 Å². The molecule has 0 aromatic heterocycles. The number of benzene rings is 3. The summed E-state index contributed by atoms with van der Waals surface area (Å²) in [7, 11) is 3.63. The van der Waals surface area contributed by atoms with Crippen molar-refractivity contribution in [3.63, 3.8) is 0 Å². The number of carbonyl (C=O) groups excluding carboxylic acids is 2. The van der Waals surface area contributed by atoms with E-state index in [0.717, 1.165) is 48.2 Å². The van der Waals surface area contributed by atoms with E-state index in [1.807, 2.05) is 71.4 Å². The molecule has 5 rings (SSSR count). The largest absolute Gasteiger partial charge is 0.496 e. The lowest BCUT2D eigenvalue weighted by atomic mass is 9.82. The van der Waals surface area contributed by atoms with E-state index in [0.29, 0.717) is 31.0 Å². The topological polar surface area (TPSA) is 49.9 Å². The lowest BCUT2D eigenvalue weighted by Gasteiger charge is -2.30. The first kappa shape index (κ1) is 23.2. The first-order chi connectivity index (χ1) is 17.0. The number of nitrogens with zero attached hydrogens (tertiary/aromatic N) is 2. The molecule has 35 heavy (non-hydrogen) atoms. The second kappa shape index (κ2) is 9.95. The first-order valence-electron chi connectivity index (χ1n) is 12.4. The highest BCUT2D eigenvalue weighted by Gasteiger charge is 2.27. The van der Waals surface area contributed by atoms with E-state index in [2.05, 4.69) is 12.1 Å². The molecule has 3 aromatic rings. The fraction of sp³-hybridized carbons (Fsp3) is 0.333. The number of carbonyl (C=O) groups is 2. The van der Waals surface area contributed by atoms with E-state index in [-0.39, 0.29) is 11.8 Å². The van der Waals surface area contributed by atoms with Crippen LogP contribution >= 0.6 is 0 Å². The predicted octanol–water partition coefficient (Wildman–Crippen LogP) is 5.02. The highest BCUT2D eigenvalue weighted by molar-refractivity contribution is 6.07. The molecule has 5 heteroatoms. The molecule has 1 aliphatic carbocycles. The smallest absolute Gasteiger partial charge is 0.258 e. The van der Waals surface area contributed by atoms with Crippen molar-refractivity contribution in [3.05, 3.63) is 94.5 Å². The summed E-state index contributed by atoms with van der Waals surface area (Å²) in [6, 6.07) is 21.7. The molecule has 3 aromatic carbocycles. The molecule has 0 saturated heterocycles. The van der Waals surface area contributed by atoms with Gasteiger partial charge in [-0.15, -0.1) is 0 Å². The Balaban J connectivity index is 1.25. The van der Waals surface area contributed by atoms with Crippen LogP contribution in [0, 0.1) is 0 Å². The van der Waals surface area contributed by atoms with Gasteiger partial charge < -0.3 is 14.5 Å². The van der Waals surface area contributed by atoms with Gasteiger partial charge in [0.05, 0.1) is 13.5 Å². The van der Waals surface area contributed by atoms with Crippen molar-refractivity contribution in [2.75, 3.05) is 32.1 Å². The monoisotopic (exact) mass is 468 g/mol. The maximum atomic E-state index is 13.1. The third kappa shape index (κ3) is 4.68. The zero-order valence-corrected chi connectivity index (χ0v) is 20.5. The maximum absolute atomic E-state index is 13.1. The molecule has 2 amide bonds. The van der Waals surface area contributed by atoms with Crippen LogP contribution in [0.4, 0.5) is 5.69 Å². The van der Waals surface area contributed by atoms with Crippen LogP contribution in [0.1, 0.15) is 51.4 Å². The van der Waals surface area contributed by atoms with Crippen LogP contribution in [-0.4, -0.2) is 44.0 Å². The minimum atomic E-state index is 0.0253. The molecule has 180 valence electrons. The number of rotatable bonds is 6. The Kier molecular flexibility index (Phi) is 6.58. The van der Waals surface area contributed by atoms with Gasteiger partial charge in [-0.2, -0.15) is 0 Å². The van der Waals surface area contributed by atoms with Crippen LogP contribution < -0.4 is 9.64 Å². The van der Waals surface area contributed by atoms with E-state index >= 15 is 0 Å². The van der Waals surface area contributed by atoms with E-state index in [9.17, 15) is 9.59 Å². The molecule has 0 fully saturated rings. The molecule has 2 aliphatic rings. The van der Waals surface area contributed by atoms with Crippen LogP contribution in [0.5, 0.6) is 5.75 Å². The Morgan fingerprint density at radius 3 is 2.66 bits per heavy atom. The number of amides is 2. The van der Waals surface area contributed by atoms with Gasteiger partial charge in [-0.05, 0) is 72.2 Å². The predicted molar refractivity (Wildman–Crippen MR) is 138 cm³/mol. The summed E-state index contributed by atoms with van der Waals surface area (Å²) < 4.78 is 5.57. The zero-order chi connectivity index (χ0) is 24.4. The molecule has 0 N–H and O–H groups in total. The quantitative estimate of drug-likeness (QED) is 0.511. The van der Waals surface area contributed by atoms with Crippen LogP contribution in [0.15, 0.2) is 66.7 Å². The number of fused-ring (bicyclic) bond motifs is 2. The molecule has 1 heterocycles. The zero-order valence-electron chi connectivity index (χ0n) is 20.5. The van der Waals surface area contributed by atoms with Crippen molar-refractivity contribution < 1.29 is 14.3 Å². The molecule has 0 radical (unpaired) electrons. The minimum Gasteiger partial charge on any atom is -0.496 e. The maximum Gasteiger partial charge on any atom is 0.258 e. The summed E-state index contributed by atoms with van der Waals surface area (Å²) in [5.74, 6) is 1.44. The van der Waals surface area contributed by atoms with Gasteiger partial charge in [-0.3, -0.25) is 9.59 Å². The number of anilines is 1. The SMILES string of the molecule is COc1cccc2c1CCC[C@H]2CN(C)C(=O)Cc1ccc2c(c1)CCN2C(=O)c1ccccc1. The van der Waals surface area contributed by atoms with E-state index in [1.54, 1.807) is 7.11 Å². The molecule has 1 aliphatic heterocycles. The number of hydrogen-bond acceptors (Lipinski definition) is 3. The van der Waals surface area contributed by atoms with Crippen molar-refractivity contribution in [1.82, 2.24) is 4.90 Å². The second-order valence-electron chi connectivity index (χ2n) is 9.60. The summed E-state index contributed by atoms with van der Waals surface area (Å²) in [6.45, 7) is 1.38. The number of ether oxygens (including phenoxy) is 1. The summed E-state index contributed by atoms with van der Waals surface area (Å²) in [5, 5.41) is 0. The van der Waals surface area contributed by atoms with Gasteiger partial charge in [-0.1, -0.05) is 42.5 Å². The van der Waals surface area contributed by atoms with E-state index < -0.39 is 0 Å². The van der Waals surface area contributed by atoms with Crippen LogP contribution in [0.2, 0.25) is 0 Å². The van der Waals surface area contributed by atoms with Crippen LogP contribution in [0.25, 0.3) is 0 Å².